The zero-order chi connectivity index (χ0) is 9.47. The van der Waals surface area contributed by atoms with Crippen LogP contribution in [0.15, 0.2) is 0 Å². The standard InChI is InChI=1S/C10H18N2O/c1-10(11)6-12(7-10)9(13)8-4-2-3-5-8/h8H,2-7,11H2,1H3. The van der Waals surface area contributed by atoms with E-state index in [1.54, 1.807) is 0 Å². The minimum absolute atomic E-state index is 0.117. The number of hydrogen-bond acceptors (Lipinski definition) is 2. The average molecular weight is 182 g/mol. The lowest BCUT2D eigenvalue weighted by Crippen LogP contribution is -2.67. The van der Waals surface area contributed by atoms with Crippen molar-refractivity contribution < 1.29 is 4.79 Å². The van der Waals surface area contributed by atoms with Gasteiger partial charge in [-0.05, 0) is 19.8 Å². The first-order valence-electron chi connectivity index (χ1n) is 5.16. The highest BCUT2D eigenvalue weighted by Crippen LogP contribution is 2.29. The molecule has 1 aliphatic heterocycles. The molecule has 3 nitrogen and oxygen atoms in total. The number of rotatable bonds is 1. The summed E-state index contributed by atoms with van der Waals surface area (Å²) in [5.74, 6) is 0.663. The van der Waals surface area contributed by atoms with Crippen molar-refractivity contribution in [2.24, 2.45) is 11.7 Å². The van der Waals surface area contributed by atoms with Gasteiger partial charge in [0.1, 0.15) is 0 Å². The van der Waals surface area contributed by atoms with Crippen molar-refractivity contribution in [3.05, 3.63) is 0 Å². The van der Waals surface area contributed by atoms with Gasteiger partial charge in [0.05, 0.1) is 0 Å². The molecule has 2 fully saturated rings. The van der Waals surface area contributed by atoms with Crippen molar-refractivity contribution in [1.82, 2.24) is 4.90 Å². The summed E-state index contributed by atoms with van der Waals surface area (Å²) in [4.78, 5) is 13.7. The van der Waals surface area contributed by atoms with Crippen molar-refractivity contribution >= 4 is 5.91 Å². The predicted octanol–water partition coefficient (Wildman–Crippen LogP) is 0.736. The summed E-state index contributed by atoms with van der Waals surface area (Å²) in [5, 5.41) is 0. The highest BCUT2D eigenvalue weighted by Gasteiger charge is 2.40. The highest BCUT2D eigenvalue weighted by molar-refractivity contribution is 5.80. The normalized spacial score (nSPS) is 27.4. The SMILES string of the molecule is CC1(N)CN(C(=O)C2CCCC2)C1. The molecule has 13 heavy (non-hydrogen) atoms. The second-order valence-corrected chi connectivity index (χ2v) is 4.83. The van der Waals surface area contributed by atoms with Crippen molar-refractivity contribution in [1.29, 1.82) is 0 Å². The fourth-order valence-electron chi connectivity index (χ4n) is 2.41. The predicted molar refractivity (Wildman–Crippen MR) is 51.1 cm³/mol. The van der Waals surface area contributed by atoms with Gasteiger partial charge in [0.25, 0.3) is 0 Å². The molecule has 0 atom stereocenters. The van der Waals surface area contributed by atoms with E-state index in [1.807, 2.05) is 11.8 Å². The molecule has 0 radical (unpaired) electrons. The largest absolute Gasteiger partial charge is 0.339 e. The molecule has 0 aromatic heterocycles. The summed E-state index contributed by atoms with van der Waals surface area (Å²) in [6.45, 7) is 3.51. The number of carbonyl (C=O) groups excluding carboxylic acids is 1. The van der Waals surface area contributed by atoms with Gasteiger partial charge < -0.3 is 10.6 Å². The van der Waals surface area contributed by atoms with Crippen LogP contribution in [0.25, 0.3) is 0 Å². The summed E-state index contributed by atoms with van der Waals surface area (Å²) in [7, 11) is 0. The molecule has 2 aliphatic rings. The Morgan fingerprint density at radius 3 is 2.38 bits per heavy atom. The van der Waals surface area contributed by atoms with Crippen LogP contribution < -0.4 is 5.73 Å². The smallest absolute Gasteiger partial charge is 0.225 e. The van der Waals surface area contributed by atoms with Crippen LogP contribution in [0.1, 0.15) is 32.6 Å². The van der Waals surface area contributed by atoms with Gasteiger partial charge >= 0.3 is 0 Å². The van der Waals surface area contributed by atoms with Gasteiger partial charge in [0.2, 0.25) is 5.91 Å². The lowest BCUT2D eigenvalue weighted by atomic mass is 9.91. The molecule has 1 heterocycles. The second kappa shape index (κ2) is 2.98. The van der Waals surface area contributed by atoms with E-state index in [2.05, 4.69) is 0 Å². The van der Waals surface area contributed by atoms with Crippen LogP contribution in [0, 0.1) is 5.92 Å². The van der Waals surface area contributed by atoms with E-state index in [9.17, 15) is 4.79 Å². The first-order chi connectivity index (χ1) is 6.08. The van der Waals surface area contributed by atoms with Crippen LogP contribution in [0.4, 0.5) is 0 Å². The number of nitrogens with two attached hydrogens (primary N) is 1. The molecule has 0 aromatic carbocycles. The minimum Gasteiger partial charge on any atom is -0.339 e. The molecule has 3 heteroatoms. The molecule has 1 saturated heterocycles. The summed E-state index contributed by atoms with van der Waals surface area (Å²) in [6, 6.07) is 0. The molecule has 0 spiro atoms. The summed E-state index contributed by atoms with van der Waals surface area (Å²) in [6.07, 6.45) is 4.64. The summed E-state index contributed by atoms with van der Waals surface area (Å²) < 4.78 is 0. The average Bonchev–Trinajstić information content (AvgIpc) is 2.50. The van der Waals surface area contributed by atoms with Crippen LogP contribution in [0.3, 0.4) is 0 Å². The Kier molecular flexibility index (Phi) is 2.06. The van der Waals surface area contributed by atoms with E-state index in [1.165, 1.54) is 12.8 Å². The second-order valence-electron chi connectivity index (χ2n) is 4.83. The van der Waals surface area contributed by atoms with Gasteiger partial charge in [0.15, 0.2) is 0 Å². The molecule has 74 valence electrons. The zero-order valence-corrected chi connectivity index (χ0v) is 8.25. The lowest BCUT2D eigenvalue weighted by Gasteiger charge is -2.46. The number of amides is 1. The number of nitrogens with zero attached hydrogens (tertiary/aromatic N) is 1. The third kappa shape index (κ3) is 1.70. The van der Waals surface area contributed by atoms with Gasteiger partial charge in [-0.2, -0.15) is 0 Å². The van der Waals surface area contributed by atoms with Crippen molar-refractivity contribution in [2.75, 3.05) is 13.1 Å². The first-order valence-corrected chi connectivity index (χ1v) is 5.16. The third-order valence-electron chi connectivity index (χ3n) is 3.12. The fourth-order valence-corrected chi connectivity index (χ4v) is 2.41. The van der Waals surface area contributed by atoms with E-state index in [4.69, 9.17) is 5.73 Å². The monoisotopic (exact) mass is 182 g/mol. The molecule has 1 amide bonds. The summed E-state index contributed by atoms with van der Waals surface area (Å²) >= 11 is 0. The number of likely N-dealkylation sites (tertiary alicyclic amines) is 1. The molecule has 1 aliphatic carbocycles. The van der Waals surface area contributed by atoms with Gasteiger partial charge in [-0.25, -0.2) is 0 Å². The van der Waals surface area contributed by atoms with Crippen molar-refractivity contribution in [3.63, 3.8) is 0 Å². The third-order valence-corrected chi connectivity index (χ3v) is 3.12. The number of hydrogen-bond donors (Lipinski definition) is 1. The molecule has 0 unspecified atom stereocenters. The van der Waals surface area contributed by atoms with Gasteiger partial charge in [-0.3, -0.25) is 4.79 Å². The highest BCUT2D eigenvalue weighted by atomic mass is 16.2. The van der Waals surface area contributed by atoms with E-state index >= 15 is 0 Å². The molecule has 2 rings (SSSR count). The Labute approximate surface area is 79.3 Å². The Balaban J connectivity index is 1.85. The van der Waals surface area contributed by atoms with Crippen molar-refractivity contribution in [3.8, 4) is 0 Å². The van der Waals surface area contributed by atoms with Crippen molar-refractivity contribution in [2.45, 2.75) is 38.1 Å². The van der Waals surface area contributed by atoms with Gasteiger partial charge in [-0.15, -0.1) is 0 Å². The van der Waals surface area contributed by atoms with Crippen LogP contribution in [-0.2, 0) is 4.79 Å². The quantitative estimate of drug-likeness (QED) is 0.650. The molecular weight excluding hydrogens is 164 g/mol. The van der Waals surface area contributed by atoms with Crippen LogP contribution >= 0.6 is 0 Å². The molecular formula is C10H18N2O. The first kappa shape index (κ1) is 9.00. The van der Waals surface area contributed by atoms with E-state index < -0.39 is 0 Å². The van der Waals surface area contributed by atoms with E-state index in [0.717, 1.165) is 25.9 Å². The number of carbonyl (C=O) groups is 1. The molecule has 0 bridgehead atoms. The fraction of sp³-hybridized carbons (Fsp3) is 0.900. The lowest BCUT2D eigenvalue weighted by molar-refractivity contribution is -0.142. The minimum atomic E-state index is -0.117. The van der Waals surface area contributed by atoms with E-state index in [0.29, 0.717) is 11.8 Å². The topological polar surface area (TPSA) is 46.3 Å². The Morgan fingerprint density at radius 1 is 1.38 bits per heavy atom. The maximum atomic E-state index is 11.8. The van der Waals surface area contributed by atoms with Gasteiger partial charge in [-0.1, -0.05) is 12.8 Å². The zero-order valence-electron chi connectivity index (χ0n) is 8.25. The van der Waals surface area contributed by atoms with Crippen LogP contribution in [0.2, 0.25) is 0 Å². The molecule has 0 aromatic rings. The maximum Gasteiger partial charge on any atom is 0.225 e. The molecule has 2 N–H and O–H groups in total. The summed E-state index contributed by atoms with van der Waals surface area (Å²) in [5.41, 5.74) is 5.74. The van der Waals surface area contributed by atoms with Crippen LogP contribution in [-0.4, -0.2) is 29.4 Å². The Morgan fingerprint density at radius 2 is 1.92 bits per heavy atom. The van der Waals surface area contributed by atoms with Gasteiger partial charge in [0, 0.05) is 24.5 Å². The van der Waals surface area contributed by atoms with E-state index in [-0.39, 0.29) is 5.54 Å². The van der Waals surface area contributed by atoms with Crippen LogP contribution in [0.5, 0.6) is 0 Å². The Bertz CT molecular complexity index is 211. The maximum absolute atomic E-state index is 11.8. The molecule has 1 saturated carbocycles. The Hall–Kier alpha value is -0.570.